The molecule has 3 aromatic carbocycles. The number of sulfonamides is 1. The zero-order valence-electron chi connectivity index (χ0n) is 18.0. The molecule has 33 heavy (non-hydrogen) atoms. The van der Waals surface area contributed by atoms with Gasteiger partial charge in [-0.1, -0.05) is 23.8 Å². The molecule has 0 heterocycles. The van der Waals surface area contributed by atoms with E-state index in [9.17, 15) is 21.6 Å². The summed E-state index contributed by atoms with van der Waals surface area (Å²) in [6.07, 6.45) is -4.46. The second kappa shape index (κ2) is 9.40. The molecule has 3 aromatic rings. The lowest BCUT2D eigenvalue weighted by atomic mass is 10.1. The minimum atomic E-state index is -4.46. The zero-order valence-corrected chi connectivity index (χ0v) is 19.7. The topological polar surface area (TPSA) is 70.2 Å². The monoisotopic (exact) mass is 493 g/mol. The van der Waals surface area contributed by atoms with Crippen molar-refractivity contribution in [2.24, 2.45) is 0 Å². The molecule has 0 aliphatic rings. The van der Waals surface area contributed by atoms with Gasteiger partial charge in [-0.25, -0.2) is 8.42 Å². The number of nitrogens with one attached hydrogen (secondary N) is 3. The summed E-state index contributed by atoms with van der Waals surface area (Å²) in [5.74, 6) is 0. The Hall–Kier alpha value is -3.11. The minimum absolute atomic E-state index is 0.0594. The summed E-state index contributed by atoms with van der Waals surface area (Å²) in [5.41, 5.74) is 3.07. The number of hydrogen-bond donors (Lipinski definition) is 3. The van der Waals surface area contributed by atoms with Gasteiger partial charge in [-0.15, -0.1) is 0 Å². The molecule has 0 saturated carbocycles. The predicted octanol–water partition coefficient (Wildman–Crippen LogP) is 6.24. The Labute approximate surface area is 196 Å². The van der Waals surface area contributed by atoms with Gasteiger partial charge >= 0.3 is 6.18 Å². The van der Waals surface area contributed by atoms with Crippen LogP contribution in [0.1, 0.15) is 22.3 Å². The SMILES string of the molecule is Cc1cc(C)c(NS(=O)(=O)c2ccc(NC(=S)Nc3cccc(C(F)(F)F)c3)cc2)c(C)c1. The van der Waals surface area contributed by atoms with Gasteiger partial charge in [0.15, 0.2) is 5.11 Å². The molecule has 0 unspecified atom stereocenters. The standard InChI is InChI=1S/C23H22F3N3O2S2/c1-14-11-15(2)21(16(3)12-14)29-33(30,31)20-9-7-18(8-10-20)27-22(32)28-19-6-4-5-17(13-19)23(24,25)26/h4-13,29H,1-3H3,(H2,27,28,32). The van der Waals surface area contributed by atoms with Gasteiger partial charge in [0.05, 0.1) is 16.1 Å². The third kappa shape index (κ3) is 6.23. The summed E-state index contributed by atoms with van der Waals surface area (Å²) in [6.45, 7) is 5.61. The molecule has 0 saturated heterocycles. The lowest BCUT2D eigenvalue weighted by Crippen LogP contribution is -2.19. The molecule has 0 aromatic heterocycles. The summed E-state index contributed by atoms with van der Waals surface area (Å²) >= 11 is 5.15. The summed E-state index contributed by atoms with van der Waals surface area (Å²) in [4.78, 5) is 0.0594. The van der Waals surface area contributed by atoms with Crippen molar-refractivity contribution in [3.05, 3.63) is 82.9 Å². The number of halogens is 3. The molecule has 0 aliphatic carbocycles. The average Bonchev–Trinajstić information content (AvgIpc) is 2.70. The number of thiocarbonyl (C=S) groups is 1. The maximum atomic E-state index is 12.9. The van der Waals surface area contributed by atoms with Gasteiger partial charge in [0.2, 0.25) is 0 Å². The molecule has 0 bridgehead atoms. The van der Waals surface area contributed by atoms with Gasteiger partial charge in [-0.3, -0.25) is 4.72 Å². The first kappa shape index (κ1) is 24.5. The normalized spacial score (nSPS) is 11.7. The molecule has 0 fully saturated rings. The quantitative estimate of drug-likeness (QED) is 0.367. The van der Waals surface area contributed by atoms with Crippen LogP contribution in [0.25, 0.3) is 0 Å². The molecule has 0 atom stereocenters. The highest BCUT2D eigenvalue weighted by Gasteiger charge is 2.30. The van der Waals surface area contributed by atoms with Crippen molar-refractivity contribution in [1.82, 2.24) is 0 Å². The van der Waals surface area contributed by atoms with E-state index < -0.39 is 21.8 Å². The summed E-state index contributed by atoms with van der Waals surface area (Å²) in [7, 11) is -3.82. The highest BCUT2D eigenvalue weighted by molar-refractivity contribution is 7.92. The van der Waals surface area contributed by atoms with E-state index in [1.165, 1.54) is 36.4 Å². The first-order valence-corrected chi connectivity index (χ1v) is 11.7. The van der Waals surface area contributed by atoms with Crippen LogP contribution in [-0.2, 0) is 16.2 Å². The number of hydrogen-bond acceptors (Lipinski definition) is 3. The maximum absolute atomic E-state index is 12.9. The summed E-state index contributed by atoms with van der Waals surface area (Å²) in [6, 6.07) is 14.3. The molecule has 0 spiro atoms. The van der Waals surface area contributed by atoms with E-state index in [0.29, 0.717) is 11.4 Å². The Morgan fingerprint density at radius 3 is 2.00 bits per heavy atom. The Bertz CT molecular complexity index is 1270. The molecule has 5 nitrogen and oxygen atoms in total. The number of benzene rings is 3. The van der Waals surface area contributed by atoms with Gasteiger partial charge in [0.25, 0.3) is 10.0 Å². The lowest BCUT2D eigenvalue weighted by Gasteiger charge is -2.15. The Morgan fingerprint density at radius 1 is 0.848 bits per heavy atom. The van der Waals surface area contributed by atoms with E-state index in [1.54, 1.807) is 0 Å². The third-order valence-corrected chi connectivity index (χ3v) is 6.35. The van der Waals surface area contributed by atoms with E-state index >= 15 is 0 Å². The van der Waals surface area contributed by atoms with Crippen molar-refractivity contribution in [2.45, 2.75) is 31.8 Å². The van der Waals surface area contributed by atoms with Crippen molar-refractivity contribution in [2.75, 3.05) is 15.4 Å². The fraction of sp³-hybridized carbons (Fsp3) is 0.174. The van der Waals surface area contributed by atoms with Gasteiger partial charge in [-0.2, -0.15) is 13.2 Å². The molecule has 3 N–H and O–H groups in total. The van der Waals surface area contributed by atoms with Crippen molar-refractivity contribution in [1.29, 1.82) is 0 Å². The predicted molar refractivity (Wildman–Crippen MR) is 129 cm³/mol. The first-order chi connectivity index (χ1) is 15.3. The molecule has 3 rings (SSSR count). The van der Waals surface area contributed by atoms with Crippen LogP contribution in [0, 0.1) is 20.8 Å². The maximum Gasteiger partial charge on any atom is 0.416 e. The Morgan fingerprint density at radius 2 is 1.42 bits per heavy atom. The van der Waals surface area contributed by atoms with Crippen molar-refractivity contribution < 1.29 is 21.6 Å². The molecule has 0 radical (unpaired) electrons. The van der Waals surface area contributed by atoms with Crippen molar-refractivity contribution >= 4 is 44.4 Å². The van der Waals surface area contributed by atoms with Crippen molar-refractivity contribution in [3.8, 4) is 0 Å². The van der Waals surface area contributed by atoms with Gasteiger partial charge in [0, 0.05) is 11.4 Å². The lowest BCUT2D eigenvalue weighted by molar-refractivity contribution is -0.137. The highest BCUT2D eigenvalue weighted by atomic mass is 32.2. The van der Waals surface area contributed by atoms with E-state index in [0.717, 1.165) is 28.8 Å². The van der Waals surface area contributed by atoms with E-state index in [2.05, 4.69) is 15.4 Å². The van der Waals surface area contributed by atoms with Crippen LogP contribution in [0.3, 0.4) is 0 Å². The summed E-state index contributed by atoms with van der Waals surface area (Å²) < 4.78 is 66.8. The van der Waals surface area contributed by atoms with Crippen LogP contribution in [-0.4, -0.2) is 13.5 Å². The molecule has 174 valence electrons. The number of aryl methyl sites for hydroxylation is 3. The van der Waals surface area contributed by atoms with E-state index in [1.807, 2.05) is 32.9 Å². The molecule has 0 aliphatic heterocycles. The summed E-state index contributed by atoms with van der Waals surface area (Å²) in [5, 5.41) is 5.58. The van der Waals surface area contributed by atoms with Crippen LogP contribution in [0.4, 0.5) is 30.2 Å². The number of anilines is 3. The van der Waals surface area contributed by atoms with E-state index in [4.69, 9.17) is 12.2 Å². The molecule has 0 amide bonds. The second-order valence-corrected chi connectivity index (χ2v) is 9.65. The van der Waals surface area contributed by atoms with Crippen LogP contribution in [0.2, 0.25) is 0 Å². The van der Waals surface area contributed by atoms with Crippen LogP contribution in [0.5, 0.6) is 0 Å². The minimum Gasteiger partial charge on any atom is -0.332 e. The molecular weight excluding hydrogens is 471 g/mol. The van der Waals surface area contributed by atoms with Crippen LogP contribution < -0.4 is 15.4 Å². The fourth-order valence-electron chi connectivity index (χ4n) is 3.32. The highest BCUT2D eigenvalue weighted by Crippen LogP contribution is 2.31. The van der Waals surface area contributed by atoms with Gasteiger partial charge < -0.3 is 10.6 Å². The van der Waals surface area contributed by atoms with Crippen molar-refractivity contribution in [3.63, 3.8) is 0 Å². The fourth-order valence-corrected chi connectivity index (χ4v) is 4.76. The van der Waals surface area contributed by atoms with Gasteiger partial charge in [-0.05, 0) is 86.6 Å². The van der Waals surface area contributed by atoms with Crippen LogP contribution >= 0.6 is 12.2 Å². The zero-order chi connectivity index (χ0) is 24.4. The Kier molecular flexibility index (Phi) is 6.99. The third-order valence-electron chi connectivity index (χ3n) is 4.78. The van der Waals surface area contributed by atoms with Gasteiger partial charge in [0.1, 0.15) is 0 Å². The molecular formula is C23H22F3N3O2S2. The van der Waals surface area contributed by atoms with E-state index in [-0.39, 0.29) is 15.7 Å². The average molecular weight is 494 g/mol. The largest absolute Gasteiger partial charge is 0.416 e. The smallest absolute Gasteiger partial charge is 0.332 e. The molecule has 10 heteroatoms. The second-order valence-electron chi connectivity index (χ2n) is 7.56. The number of rotatable bonds is 5. The number of alkyl halides is 3. The Balaban J connectivity index is 1.69. The van der Waals surface area contributed by atoms with Crippen LogP contribution in [0.15, 0.2) is 65.6 Å². The first-order valence-electron chi connectivity index (χ1n) is 9.81.